The first-order valence-corrected chi connectivity index (χ1v) is 7.60. The maximum absolute atomic E-state index is 11.9. The zero-order valence-electron chi connectivity index (χ0n) is 11.0. The molecule has 0 fully saturated rings. The summed E-state index contributed by atoms with van der Waals surface area (Å²) in [7, 11) is -1.66. The molecule has 0 aliphatic rings. The van der Waals surface area contributed by atoms with Crippen molar-refractivity contribution in [3.8, 4) is 5.75 Å². The van der Waals surface area contributed by atoms with Crippen LogP contribution in [0.1, 0.15) is 25.8 Å². The summed E-state index contributed by atoms with van der Waals surface area (Å²) in [5.74, 6) is 0.596. The van der Waals surface area contributed by atoms with Crippen LogP contribution >= 0.6 is 0 Å². The summed E-state index contributed by atoms with van der Waals surface area (Å²) in [5, 5.41) is 9.54. The van der Waals surface area contributed by atoms with Crippen molar-refractivity contribution in [2.24, 2.45) is 0 Å². The van der Waals surface area contributed by atoms with Crippen molar-refractivity contribution in [1.82, 2.24) is 0 Å². The van der Waals surface area contributed by atoms with Gasteiger partial charge in [-0.05, 0) is 38.0 Å². The molecule has 1 aromatic carbocycles. The fourth-order valence-electron chi connectivity index (χ4n) is 1.49. The van der Waals surface area contributed by atoms with Gasteiger partial charge in [0, 0.05) is 0 Å². The predicted molar refractivity (Wildman–Crippen MR) is 71.4 cm³/mol. The van der Waals surface area contributed by atoms with E-state index >= 15 is 0 Å². The average molecular weight is 272 g/mol. The quantitative estimate of drug-likeness (QED) is 0.857. The van der Waals surface area contributed by atoms with Crippen molar-refractivity contribution in [2.45, 2.75) is 31.6 Å². The zero-order valence-corrected chi connectivity index (χ0v) is 11.8. The van der Waals surface area contributed by atoms with Gasteiger partial charge < -0.3 is 9.84 Å². The van der Waals surface area contributed by atoms with E-state index in [1.54, 1.807) is 45.2 Å². The molecule has 102 valence electrons. The Bertz CT molecular complexity index is 486. The van der Waals surface area contributed by atoms with Crippen LogP contribution in [0.4, 0.5) is 0 Å². The third-order valence-corrected chi connectivity index (χ3v) is 4.14. The monoisotopic (exact) mass is 272 g/mol. The van der Waals surface area contributed by atoms with E-state index in [-0.39, 0.29) is 17.9 Å². The molecule has 0 saturated heterocycles. The van der Waals surface area contributed by atoms with Crippen LogP contribution in [0.2, 0.25) is 0 Å². The van der Waals surface area contributed by atoms with Gasteiger partial charge in [0.1, 0.15) is 5.75 Å². The Balaban J connectivity index is 2.70. The maximum Gasteiger partial charge on any atom is 0.154 e. The van der Waals surface area contributed by atoms with E-state index < -0.39 is 15.4 Å². The van der Waals surface area contributed by atoms with E-state index in [0.717, 1.165) is 0 Å². The molecule has 0 heterocycles. The molecule has 0 radical (unpaired) electrons. The highest BCUT2D eigenvalue weighted by molar-refractivity contribution is 7.90. The van der Waals surface area contributed by atoms with Gasteiger partial charge in [-0.1, -0.05) is 12.1 Å². The second kappa shape index (κ2) is 5.71. The highest BCUT2D eigenvalue weighted by atomic mass is 32.2. The van der Waals surface area contributed by atoms with Crippen LogP contribution < -0.4 is 4.74 Å². The summed E-state index contributed by atoms with van der Waals surface area (Å²) in [5.41, 5.74) is -0.258. The third kappa shape index (κ3) is 5.51. The molecule has 4 nitrogen and oxygen atoms in total. The standard InChI is InChI=1S/C13H20O4S/c1-13(2,14)7-8-18(15,16)10-11-5-4-6-12(9-11)17-3/h4-6,9,14H,7-8,10H2,1-3H3. The lowest BCUT2D eigenvalue weighted by Gasteiger charge is -2.16. The van der Waals surface area contributed by atoms with Crippen LogP contribution in [0.15, 0.2) is 24.3 Å². The molecular formula is C13H20O4S. The third-order valence-electron chi connectivity index (χ3n) is 2.55. The van der Waals surface area contributed by atoms with Crippen LogP contribution in [0.25, 0.3) is 0 Å². The summed E-state index contributed by atoms with van der Waals surface area (Å²) in [4.78, 5) is 0. The number of ether oxygens (including phenoxy) is 1. The highest BCUT2D eigenvalue weighted by Crippen LogP contribution is 2.17. The fourth-order valence-corrected chi connectivity index (χ4v) is 3.14. The van der Waals surface area contributed by atoms with Crippen molar-refractivity contribution in [1.29, 1.82) is 0 Å². The Morgan fingerprint density at radius 3 is 2.56 bits per heavy atom. The Morgan fingerprint density at radius 1 is 1.33 bits per heavy atom. The van der Waals surface area contributed by atoms with Gasteiger partial charge in [-0.2, -0.15) is 0 Å². The molecule has 0 aliphatic heterocycles. The molecule has 0 atom stereocenters. The number of aliphatic hydroxyl groups is 1. The molecule has 1 N–H and O–H groups in total. The smallest absolute Gasteiger partial charge is 0.154 e. The number of rotatable bonds is 6. The van der Waals surface area contributed by atoms with Crippen LogP contribution in [-0.4, -0.2) is 32.0 Å². The molecular weight excluding hydrogens is 252 g/mol. The first-order valence-electron chi connectivity index (χ1n) is 5.78. The summed E-state index contributed by atoms with van der Waals surface area (Å²) >= 11 is 0. The second-order valence-electron chi connectivity index (χ2n) is 5.01. The normalized spacial score (nSPS) is 12.4. The van der Waals surface area contributed by atoms with Gasteiger partial charge in [0.2, 0.25) is 0 Å². The van der Waals surface area contributed by atoms with E-state index in [9.17, 15) is 13.5 Å². The molecule has 0 unspecified atom stereocenters. The summed E-state index contributed by atoms with van der Waals surface area (Å²) in [6.07, 6.45) is 0.235. The van der Waals surface area contributed by atoms with Crippen LogP contribution in [0.3, 0.4) is 0 Å². The van der Waals surface area contributed by atoms with Gasteiger partial charge in [0.15, 0.2) is 9.84 Å². The molecule has 0 bridgehead atoms. The molecule has 0 aromatic heterocycles. The van der Waals surface area contributed by atoms with E-state index in [2.05, 4.69) is 0 Å². The lowest BCUT2D eigenvalue weighted by Crippen LogP contribution is -2.23. The molecule has 18 heavy (non-hydrogen) atoms. The number of benzene rings is 1. The number of hydrogen-bond donors (Lipinski definition) is 1. The maximum atomic E-state index is 11.9. The predicted octanol–water partition coefficient (Wildman–Crippen LogP) is 1.77. The van der Waals surface area contributed by atoms with Crippen LogP contribution in [0, 0.1) is 0 Å². The van der Waals surface area contributed by atoms with Crippen molar-refractivity contribution in [2.75, 3.05) is 12.9 Å². The minimum absolute atomic E-state index is 0.0201. The van der Waals surface area contributed by atoms with Gasteiger partial charge in [0.05, 0.1) is 24.2 Å². The number of hydrogen-bond acceptors (Lipinski definition) is 4. The van der Waals surface area contributed by atoms with E-state index in [4.69, 9.17) is 4.74 Å². The minimum Gasteiger partial charge on any atom is -0.497 e. The largest absolute Gasteiger partial charge is 0.497 e. The summed E-state index contributed by atoms with van der Waals surface area (Å²) in [6, 6.07) is 7.00. The molecule has 0 saturated carbocycles. The molecule has 1 aromatic rings. The van der Waals surface area contributed by atoms with Crippen LogP contribution in [-0.2, 0) is 15.6 Å². The SMILES string of the molecule is COc1cccc(CS(=O)(=O)CCC(C)(C)O)c1. The van der Waals surface area contributed by atoms with Gasteiger partial charge in [0.25, 0.3) is 0 Å². The van der Waals surface area contributed by atoms with E-state index in [1.165, 1.54) is 0 Å². The highest BCUT2D eigenvalue weighted by Gasteiger charge is 2.19. The fraction of sp³-hybridized carbons (Fsp3) is 0.538. The lowest BCUT2D eigenvalue weighted by atomic mass is 10.1. The lowest BCUT2D eigenvalue weighted by molar-refractivity contribution is 0.0772. The molecule has 1 rings (SSSR count). The topological polar surface area (TPSA) is 63.6 Å². The molecule has 0 spiro atoms. The summed E-state index contributed by atoms with van der Waals surface area (Å²) in [6.45, 7) is 3.21. The number of methoxy groups -OCH3 is 1. The molecule has 0 amide bonds. The van der Waals surface area contributed by atoms with Gasteiger partial charge >= 0.3 is 0 Å². The van der Waals surface area contributed by atoms with Gasteiger partial charge in [-0.15, -0.1) is 0 Å². The summed E-state index contributed by atoms with van der Waals surface area (Å²) < 4.78 is 28.8. The minimum atomic E-state index is -3.21. The Kier molecular flexibility index (Phi) is 4.76. The van der Waals surface area contributed by atoms with Crippen LogP contribution in [0.5, 0.6) is 5.75 Å². The Labute approximate surface area is 109 Å². The van der Waals surface area contributed by atoms with Crippen molar-refractivity contribution >= 4 is 9.84 Å². The first kappa shape index (κ1) is 15.0. The molecule has 0 aliphatic carbocycles. The zero-order chi connectivity index (χ0) is 13.8. The van der Waals surface area contributed by atoms with E-state index in [0.29, 0.717) is 11.3 Å². The van der Waals surface area contributed by atoms with Crippen molar-refractivity contribution < 1.29 is 18.3 Å². The second-order valence-corrected chi connectivity index (χ2v) is 7.19. The van der Waals surface area contributed by atoms with Gasteiger partial charge in [-0.3, -0.25) is 0 Å². The Morgan fingerprint density at radius 2 is 2.00 bits per heavy atom. The first-order chi connectivity index (χ1) is 8.22. The van der Waals surface area contributed by atoms with Gasteiger partial charge in [-0.25, -0.2) is 8.42 Å². The number of sulfone groups is 1. The average Bonchev–Trinajstić information content (AvgIpc) is 2.25. The van der Waals surface area contributed by atoms with E-state index in [1.807, 2.05) is 0 Å². The molecule has 5 heteroatoms. The van der Waals surface area contributed by atoms with Crippen molar-refractivity contribution in [3.63, 3.8) is 0 Å². The Hall–Kier alpha value is -1.07. The van der Waals surface area contributed by atoms with Crippen molar-refractivity contribution in [3.05, 3.63) is 29.8 Å².